The van der Waals surface area contributed by atoms with E-state index >= 15 is 0 Å². The van der Waals surface area contributed by atoms with Gasteiger partial charge in [-0.1, -0.05) is 32.4 Å². The minimum Gasteiger partial charge on any atom is -0.231 e. The fourth-order valence-electron chi connectivity index (χ4n) is 1.41. The third-order valence-electron chi connectivity index (χ3n) is 2.33. The fourth-order valence-corrected chi connectivity index (χ4v) is 2.36. The maximum Gasteiger partial charge on any atom is 0.136 e. The van der Waals surface area contributed by atoms with Gasteiger partial charge in [0.15, 0.2) is 0 Å². The zero-order chi connectivity index (χ0) is 13.3. The first kappa shape index (κ1) is 13.0. The molecule has 3 nitrogen and oxygen atoms in total. The maximum absolute atomic E-state index is 8.84. The van der Waals surface area contributed by atoms with Crippen molar-refractivity contribution < 1.29 is 0 Å². The molecule has 0 spiro atoms. The zero-order valence-corrected chi connectivity index (χ0v) is 11.9. The molecular weight excluding hydrogens is 266 g/mol. The second-order valence-corrected chi connectivity index (χ2v) is 6.40. The van der Waals surface area contributed by atoms with Gasteiger partial charge < -0.3 is 0 Å². The summed E-state index contributed by atoms with van der Waals surface area (Å²) in [5, 5.41) is 9.27. The molecule has 0 atom stereocenters. The van der Waals surface area contributed by atoms with Crippen LogP contribution in [0.25, 0.3) is 10.6 Å². The van der Waals surface area contributed by atoms with Gasteiger partial charge in [0.25, 0.3) is 0 Å². The molecule has 0 N–H and O–H groups in total. The monoisotopic (exact) mass is 277 g/mol. The summed E-state index contributed by atoms with van der Waals surface area (Å²) in [5.74, 6) is 0.705. The van der Waals surface area contributed by atoms with Crippen LogP contribution in [0.2, 0.25) is 5.15 Å². The van der Waals surface area contributed by atoms with Gasteiger partial charge in [0.1, 0.15) is 21.9 Å². The number of halogens is 1. The SMILES string of the molecule is CC(C)(C)c1nc(Cl)cc(-c2ccc(C#N)s2)n1. The van der Waals surface area contributed by atoms with Crippen LogP contribution in [0.5, 0.6) is 0 Å². The molecule has 0 aromatic carbocycles. The lowest BCUT2D eigenvalue weighted by atomic mass is 9.95. The van der Waals surface area contributed by atoms with Crippen molar-refractivity contribution in [3.63, 3.8) is 0 Å². The molecule has 0 aliphatic rings. The lowest BCUT2D eigenvalue weighted by molar-refractivity contribution is 0.546. The number of nitriles is 1. The highest BCUT2D eigenvalue weighted by Crippen LogP contribution is 2.29. The van der Waals surface area contributed by atoms with E-state index in [-0.39, 0.29) is 5.41 Å². The van der Waals surface area contributed by atoms with Crippen LogP contribution < -0.4 is 0 Å². The normalized spacial score (nSPS) is 11.3. The van der Waals surface area contributed by atoms with E-state index in [1.807, 2.05) is 26.8 Å². The van der Waals surface area contributed by atoms with E-state index in [2.05, 4.69) is 16.0 Å². The molecule has 0 aliphatic carbocycles. The molecule has 0 unspecified atom stereocenters. The van der Waals surface area contributed by atoms with Crippen molar-refractivity contribution >= 4 is 22.9 Å². The highest BCUT2D eigenvalue weighted by molar-refractivity contribution is 7.15. The lowest BCUT2D eigenvalue weighted by Gasteiger charge is -2.17. The van der Waals surface area contributed by atoms with Crippen LogP contribution in [0, 0.1) is 11.3 Å². The Hall–Kier alpha value is -1.44. The van der Waals surface area contributed by atoms with Gasteiger partial charge in [0.2, 0.25) is 0 Å². The summed E-state index contributed by atoms with van der Waals surface area (Å²) < 4.78 is 0. The van der Waals surface area contributed by atoms with Gasteiger partial charge in [0.05, 0.1) is 10.6 Å². The first-order valence-electron chi connectivity index (χ1n) is 5.45. The smallest absolute Gasteiger partial charge is 0.136 e. The minimum absolute atomic E-state index is 0.158. The molecular formula is C13H12ClN3S. The topological polar surface area (TPSA) is 49.6 Å². The highest BCUT2D eigenvalue weighted by atomic mass is 35.5. The van der Waals surface area contributed by atoms with Gasteiger partial charge in [-0.2, -0.15) is 5.26 Å². The first-order chi connectivity index (χ1) is 8.40. The number of thiophene rings is 1. The van der Waals surface area contributed by atoms with Crippen LogP contribution in [-0.2, 0) is 5.41 Å². The summed E-state index contributed by atoms with van der Waals surface area (Å²) in [4.78, 5) is 10.4. The van der Waals surface area contributed by atoms with Crippen LogP contribution in [0.4, 0.5) is 0 Å². The molecule has 2 rings (SSSR count). The summed E-state index contributed by atoms with van der Waals surface area (Å²) in [7, 11) is 0. The van der Waals surface area contributed by atoms with Gasteiger partial charge >= 0.3 is 0 Å². The average molecular weight is 278 g/mol. The van der Waals surface area contributed by atoms with E-state index in [1.54, 1.807) is 12.1 Å². The van der Waals surface area contributed by atoms with Gasteiger partial charge in [-0.3, -0.25) is 0 Å². The van der Waals surface area contributed by atoms with E-state index in [1.165, 1.54) is 11.3 Å². The van der Waals surface area contributed by atoms with Crippen molar-refractivity contribution in [3.05, 3.63) is 34.1 Å². The van der Waals surface area contributed by atoms with Crippen LogP contribution >= 0.6 is 22.9 Å². The Morgan fingerprint density at radius 1 is 1.28 bits per heavy atom. The Labute approximate surface area is 115 Å². The van der Waals surface area contributed by atoms with E-state index in [0.717, 1.165) is 10.6 Å². The van der Waals surface area contributed by atoms with Crippen molar-refractivity contribution in [1.29, 1.82) is 5.26 Å². The van der Waals surface area contributed by atoms with Crippen molar-refractivity contribution in [2.45, 2.75) is 26.2 Å². The second kappa shape index (κ2) is 4.68. The Bertz CT molecular complexity index is 620. The van der Waals surface area contributed by atoms with Crippen molar-refractivity contribution in [2.24, 2.45) is 0 Å². The number of nitrogens with zero attached hydrogens (tertiary/aromatic N) is 3. The molecule has 2 heterocycles. The Balaban J connectivity index is 2.52. The summed E-state index contributed by atoms with van der Waals surface area (Å²) in [6, 6.07) is 7.51. The third-order valence-corrected chi connectivity index (χ3v) is 3.54. The standard InChI is InChI=1S/C13H12ClN3S/c1-13(2,3)12-16-9(6-11(14)17-12)10-5-4-8(7-15)18-10/h4-6H,1-3H3. The molecule has 0 saturated carbocycles. The minimum atomic E-state index is -0.158. The van der Waals surface area contributed by atoms with Crippen molar-refractivity contribution in [2.75, 3.05) is 0 Å². The molecule has 5 heteroatoms. The summed E-state index contributed by atoms with van der Waals surface area (Å²) in [6.07, 6.45) is 0. The van der Waals surface area contributed by atoms with E-state index < -0.39 is 0 Å². The summed E-state index contributed by atoms with van der Waals surface area (Å²) >= 11 is 7.44. The number of hydrogen-bond acceptors (Lipinski definition) is 4. The van der Waals surface area contributed by atoms with Gasteiger partial charge in [-0.05, 0) is 12.1 Å². The molecule has 18 heavy (non-hydrogen) atoms. The van der Waals surface area contributed by atoms with Crippen molar-refractivity contribution in [3.8, 4) is 16.6 Å². The number of hydrogen-bond donors (Lipinski definition) is 0. The lowest BCUT2D eigenvalue weighted by Crippen LogP contribution is -2.16. The molecule has 2 aromatic rings. The molecule has 0 fully saturated rings. The number of rotatable bonds is 1. The van der Waals surface area contributed by atoms with Crippen LogP contribution in [0.1, 0.15) is 31.5 Å². The Morgan fingerprint density at radius 3 is 2.56 bits per heavy atom. The Morgan fingerprint density at radius 2 is 2.00 bits per heavy atom. The van der Waals surface area contributed by atoms with Gasteiger partial charge in [-0.15, -0.1) is 11.3 Å². The van der Waals surface area contributed by atoms with E-state index in [0.29, 0.717) is 15.9 Å². The predicted molar refractivity (Wildman–Crippen MR) is 73.8 cm³/mol. The molecule has 0 saturated heterocycles. The largest absolute Gasteiger partial charge is 0.231 e. The molecule has 0 amide bonds. The van der Waals surface area contributed by atoms with Crippen LogP contribution in [0.3, 0.4) is 0 Å². The molecule has 0 radical (unpaired) electrons. The molecule has 2 aromatic heterocycles. The van der Waals surface area contributed by atoms with Crippen LogP contribution in [-0.4, -0.2) is 9.97 Å². The van der Waals surface area contributed by atoms with E-state index in [9.17, 15) is 0 Å². The zero-order valence-electron chi connectivity index (χ0n) is 10.4. The third kappa shape index (κ3) is 2.69. The first-order valence-corrected chi connectivity index (χ1v) is 6.65. The summed E-state index contributed by atoms with van der Waals surface area (Å²) in [6.45, 7) is 6.12. The number of aromatic nitrogens is 2. The van der Waals surface area contributed by atoms with E-state index in [4.69, 9.17) is 16.9 Å². The van der Waals surface area contributed by atoms with Gasteiger partial charge in [0, 0.05) is 11.5 Å². The Kier molecular flexibility index (Phi) is 3.38. The fraction of sp³-hybridized carbons (Fsp3) is 0.308. The second-order valence-electron chi connectivity index (χ2n) is 4.93. The average Bonchev–Trinajstić information content (AvgIpc) is 2.75. The molecule has 92 valence electrons. The maximum atomic E-state index is 8.84. The summed E-state index contributed by atoms with van der Waals surface area (Å²) in [5.41, 5.74) is 0.612. The molecule has 0 bridgehead atoms. The van der Waals surface area contributed by atoms with Crippen molar-refractivity contribution in [1.82, 2.24) is 9.97 Å². The van der Waals surface area contributed by atoms with Gasteiger partial charge in [-0.25, -0.2) is 9.97 Å². The van der Waals surface area contributed by atoms with Crippen LogP contribution in [0.15, 0.2) is 18.2 Å². The molecule has 0 aliphatic heterocycles. The highest BCUT2D eigenvalue weighted by Gasteiger charge is 2.19. The predicted octanol–water partition coefficient (Wildman–Crippen LogP) is 4.03. The quantitative estimate of drug-likeness (QED) is 0.740.